The molecule has 0 atom stereocenters. The Hall–Kier alpha value is -1.48. The SMILES string of the molecule is CC(C)Cc1ccc(C(=O)CN2CCC(=O)CC2)cc1. The van der Waals surface area contributed by atoms with Crippen LogP contribution in [0.25, 0.3) is 0 Å². The molecule has 0 unspecified atom stereocenters. The summed E-state index contributed by atoms with van der Waals surface area (Å²) in [6.45, 7) is 6.25. The Kier molecular flexibility index (Phi) is 5.07. The van der Waals surface area contributed by atoms with E-state index in [0.717, 1.165) is 25.1 Å². The predicted molar refractivity (Wildman–Crippen MR) is 80.0 cm³/mol. The first-order chi connectivity index (χ1) is 9.54. The van der Waals surface area contributed by atoms with Crippen molar-refractivity contribution in [3.8, 4) is 0 Å². The molecule has 1 heterocycles. The van der Waals surface area contributed by atoms with Crippen LogP contribution >= 0.6 is 0 Å². The third-order valence-electron chi connectivity index (χ3n) is 3.70. The summed E-state index contributed by atoms with van der Waals surface area (Å²) in [6, 6.07) is 7.95. The van der Waals surface area contributed by atoms with E-state index in [2.05, 4.69) is 18.7 Å². The normalized spacial score (nSPS) is 16.6. The van der Waals surface area contributed by atoms with Gasteiger partial charge in [-0.1, -0.05) is 38.1 Å². The molecule has 0 aromatic heterocycles. The van der Waals surface area contributed by atoms with E-state index in [-0.39, 0.29) is 5.78 Å². The highest BCUT2D eigenvalue weighted by atomic mass is 16.1. The Morgan fingerprint density at radius 1 is 1.15 bits per heavy atom. The van der Waals surface area contributed by atoms with Crippen LogP contribution in [-0.4, -0.2) is 36.1 Å². The molecule has 1 aromatic rings. The summed E-state index contributed by atoms with van der Waals surface area (Å²) >= 11 is 0. The van der Waals surface area contributed by atoms with Crippen LogP contribution in [0.3, 0.4) is 0 Å². The van der Waals surface area contributed by atoms with Crippen LogP contribution in [0.2, 0.25) is 0 Å². The quantitative estimate of drug-likeness (QED) is 0.774. The Labute approximate surface area is 121 Å². The third-order valence-corrected chi connectivity index (χ3v) is 3.70. The molecule has 0 bridgehead atoms. The summed E-state index contributed by atoms with van der Waals surface area (Å²) in [4.78, 5) is 25.5. The molecule has 0 spiro atoms. The fraction of sp³-hybridized carbons (Fsp3) is 0.529. The second-order valence-corrected chi connectivity index (χ2v) is 6.03. The van der Waals surface area contributed by atoms with Crippen molar-refractivity contribution in [2.45, 2.75) is 33.1 Å². The molecular weight excluding hydrogens is 250 g/mol. The Balaban J connectivity index is 1.90. The van der Waals surface area contributed by atoms with Crippen molar-refractivity contribution in [1.29, 1.82) is 0 Å². The first-order valence-electron chi connectivity index (χ1n) is 7.41. The van der Waals surface area contributed by atoms with E-state index in [1.54, 1.807) is 0 Å². The van der Waals surface area contributed by atoms with Gasteiger partial charge in [0, 0.05) is 31.5 Å². The second kappa shape index (κ2) is 6.80. The number of ketones is 2. The second-order valence-electron chi connectivity index (χ2n) is 6.03. The zero-order chi connectivity index (χ0) is 14.5. The molecule has 0 amide bonds. The number of carbonyl (C=O) groups excluding carboxylic acids is 2. The molecule has 0 N–H and O–H groups in total. The minimum absolute atomic E-state index is 0.149. The fourth-order valence-electron chi connectivity index (χ4n) is 2.55. The topological polar surface area (TPSA) is 37.4 Å². The first kappa shape index (κ1) is 14.9. The summed E-state index contributed by atoms with van der Waals surface area (Å²) in [5, 5.41) is 0. The van der Waals surface area contributed by atoms with Gasteiger partial charge in [0.05, 0.1) is 6.54 Å². The maximum absolute atomic E-state index is 12.2. The van der Waals surface area contributed by atoms with E-state index in [0.29, 0.717) is 31.1 Å². The standard InChI is InChI=1S/C17H23NO2/c1-13(2)11-14-3-5-15(6-4-14)17(20)12-18-9-7-16(19)8-10-18/h3-6,13H,7-12H2,1-2H3. The number of hydrogen-bond acceptors (Lipinski definition) is 3. The van der Waals surface area contributed by atoms with Crippen molar-refractivity contribution in [2.75, 3.05) is 19.6 Å². The van der Waals surface area contributed by atoms with Crippen LogP contribution in [0.1, 0.15) is 42.6 Å². The number of nitrogens with zero attached hydrogens (tertiary/aromatic N) is 1. The van der Waals surface area contributed by atoms with E-state index in [1.165, 1.54) is 5.56 Å². The fourth-order valence-corrected chi connectivity index (χ4v) is 2.55. The van der Waals surface area contributed by atoms with Crippen molar-refractivity contribution < 1.29 is 9.59 Å². The average Bonchev–Trinajstić information content (AvgIpc) is 2.41. The van der Waals surface area contributed by atoms with Crippen LogP contribution < -0.4 is 0 Å². The number of benzene rings is 1. The van der Waals surface area contributed by atoms with E-state index in [1.807, 2.05) is 24.3 Å². The minimum atomic E-state index is 0.149. The summed E-state index contributed by atoms with van der Waals surface area (Å²) in [5.41, 5.74) is 2.05. The maximum Gasteiger partial charge on any atom is 0.176 e. The van der Waals surface area contributed by atoms with Crippen LogP contribution in [0, 0.1) is 5.92 Å². The summed E-state index contributed by atoms with van der Waals surface area (Å²) in [5.74, 6) is 1.09. The molecule has 1 aliphatic heterocycles. The number of hydrogen-bond donors (Lipinski definition) is 0. The highest BCUT2D eigenvalue weighted by Crippen LogP contribution is 2.12. The van der Waals surface area contributed by atoms with E-state index < -0.39 is 0 Å². The average molecular weight is 273 g/mol. The number of rotatable bonds is 5. The lowest BCUT2D eigenvalue weighted by molar-refractivity contribution is -0.121. The summed E-state index contributed by atoms with van der Waals surface area (Å²) in [6.07, 6.45) is 2.21. The lowest BCUT2D eigenvalue weighted by Gasteiger charge is -2.24. The van der Waals surface area contributed by atoms with Crippen molar-refractivity contribution in [1.82, 2.24) is 4.90 Å². The molecule has 0 radical (unpaired) electrons. The van der Waals surface area contributed by atoms with Gasteiger partial charge in [-0.15, -0.1) is 0 Å². The van der Waals surface area contributed by atoms with Gasteiger partial charge in [0.1, 0.15) is 5.78 Å². The number of Topliss-reactive ketones (excluding diaryl/α,β-unsaturated/α-hetero) is 2. The van der Waals surface area contributed by atoms with E-state index >= 15 is 0 Å². The van der Waals surface area contributed by atoms with Crippen LogP contribution in [-0.2, 0) is 11.2 Å². The molecule has 3 heteroatoms. The molecule has 3 nitrogen and oxygen atoms in total. The molecule has 20 heavy (non-hydrogen) atoms. The number of likely N-dealkylation sites (tertiary alicyclic amines) is 1. The van der Waals surface area contributed by atoms with Crippen LogP contribution in [0.15, 0.2) is 24.3 Å². The Bertz CT molecular complexity index is 466. The van der Waals surface area contributed by atoms with Gasteiger partial charge in [-0.05, 0) is 17.9 Å². The highest BCUT2D eigenvalue weighted by Gasteiger charge is 2.18. The minimum Gasteiger partial charge on any atom is -0.300 e. The molecule has 108 valence electrons. The molecule has 1 fully saturated rings. The highest BCUT2D eigenvalue weighted by molar-refractivity contribution is 5.97. The lowest BCUT2D eigenvalue weighted by atomic mass is 10.0. The van der Waals surface area contributed by atoms with E-state index in [9.17, 15) is 9.59 Å². The van der Waals surface area contributed by atoms with Gasteiger partial charge in [0.2, 0.25) is 0 Å². The van der Waals surface area contributed by atoms with Gasteiger partial charge in [0.25, 0.3) is 0 Å². The summed E-state index contributed by atoms with van der Waals surface area (Å²) < 4.78 is 0. The Morgan fingerprint density at radius 2 is 1.75 bits per heavy atom. The molecule has 0 aliphatic carbocycles. The monoisotopic (exact) mass is 273 g/mol. The first-order valence-corrected chi connectivity index (χ1v) is 7.41. The predicted octanol–water partition coefficient (Wildman–Crippen LogP) is 2.73. The van der Waals surface area contributed by atoms with Gasteiger partial charge in [0.15, 0.2) is 5.78 Å². The van der Waals surface area contributed by atoms with Crippen molar-refractivity contribution in [2.24, 2.45) is 5.92 Å². The molecular formula is C17H23NO2. The van der Waals surface area contributed by atoms with Gasteiger partial charge < -0.3 is 0 Å². The molecule has 0 saturated carbocycles. The molecule has 1 aliphatic rings. The maximum atomic E-state index is 12.2. The van der Waals surface area contributed by atoms with Crippen molar-refractivity contribution in [3.05, 3.63) is 35.4 Å². The third kappa shape index (κ3) is 4.27. The van der Waals surface area contributed by atoms with Crippen molar-refractivity contribution >= 4 is 11.6 Å². The van der Waals surface area contributed by atoms with Crippen LogP contribution in [0.4, 0.5) is 0 Å². The number of carbonyl (C=O) groups is 2. The van der Waals surface area contributed by atoms with E-state index in [4.69, 9.17) is 0 Å². The smallest absolute Gasteiger partial charge is 0.176 e. The van der Waals surface area contributed by atoms with Gasteiger partial charge in [-0.25, -0.2) is 0 Å². The van der Waals surface area contributed by atoms with Gasteiger partial charge in [-0.2, -0.15) is 0 Å². The van der Waals surface area contributed by atoms with Gasteiger partial charge in [-0.3, -0.25) is 14.5 Å². The van der Waals surface area contributed by atoms with Crippen molar-refractivity contribution in [3.63, 3.8) is 0 Å². The van der Waals surface area contributed by atoms with Gasteiger partial charge >= 0.3 is 0 Å². The zero-order valence-electron chi connectivity index (χ0n) is 12.4. The molecule has 1 saturated heterocycles. The molecule has 2 rings (SSSR count). The largest absolute Gasteiger partial charge is 0.300 e. The van der Waals surface area contributed by atoms with Crippen LogP contribution in [0.5, 0.6) is 0 Å². The molecule has 1 aromatic carbocycles. The zero-order valence-corrected chi connectivity index (χ0v) is 12.4. The summed E-state index contributed by atoms with van der Waals surface area (Å²) in [7, 11) is 0. The number of piperidine rings is 1. The lowest BCUT2D eigenvalue weighted by Crippen LogP contribution is -2.37. The Morgan fingerprint density at radius 3 is 2.30 bits per heavy atom.